The zero-order valence-corrected chi connectivity index (χ0v) is 16.2. The first-order chi connectivity index (χ1) is 14.1. The average molecular weight is 389 g/mol. The van der Waals surface area contributed by atoms with Gasteiger partial charge in [-0.3, -0.25) is 9.59 Å². The summed E-state index contributed by atoms with van der Waals surface area (Å²) in [5, 5.41) is 5.53. The lowest BCUT2D eigenvalue weighted by atomic mass is 10.2. The van der Waals surface area contributed by atoms with E-state index in [1.54, 1.807) is 36.4 Å². The van der Waals surface area contributed by atoms with Crippen LogP contribution in [0.25, 0.3) is 6.08 Å². The molecule has 29 heavy (non-hydrogen) atoms. The van der Waals surface area contributed by atoms with Gasteiger partial charge in [-0.1, -0.05) is 36.4 Å². The van der Waals surface area contributed by atoms with Gasteiger partial charge in [0.15, 0.2) is 0 Å². The number of hydrogen-bond acceptors (Lipinski definition) is 4. The first-order valence-corrected chi connectivity index (χ1v) is 9.29. The number of anilines is 1. The predicted molar refractivity (Wildman–Crippen MR) is 113 cm³/mol. The highest BCUT2D eigenvalue weighted by Crippen LogP contribution is 2.10. The maximum absolute atomic E-state index is 12.7. The third-order valence-electron chi connectivity index (χ3n) is 4.29. The summed E-state index contributed by atoms with van der Waals surface area (Å²) >= 11 is 0. The van der Waals surface area contributed by atoms with Gasteiger partial charge in [-0.05, 0) is 36.4 Å². The van der Waals surface area contributed by atoms with Crippen LogP contribution in [0.4, 0.5) is 5.69 Å². The highest BCUT2D eigenvalue weighted by molar-refractivity contribution is 6.05. The fourth-order valence-corrected chi connectivity index (χ4v) is 2.70. The normalized spacial score (nSPS) is 11.0. The van der Waals surface area contributed by atoms with Crippen molar-refractivity contribution in [1.29, 1.82) is 0 Å². The van der Waals surface area contributed by atoms with E-state index in [2.05, 4.69) is 10.6 Å². The van der Waals surface area contributed by atoms with Gasteiger partial charge in [0.2, 0.25) is 0 Å². The van der Waals surface area contributed by atoms with Crippen LogP contribution in [0, 0.1) is 0 Å². The minimum Gasteiger partial charge on any atom is -0.465 e. The van der Waals surface area contributed by atoms with E-state index in [0.717, 1.165) is 5.69 Å². The van der Waals surface area contributed by atoms with Crippen molar-refractivity contribution in [3.8, 4) is 0 Å². The molecule has 0 fully saturated rings. The van der Waals surface area contributed by atoms with Gasteiger partial charge >= 0.3 is 0 Å². The van der Waals surface area contributed by atoms with Crippen molar-refractivity contribution in [1.82, 2.24) is 10.6 Å². The minimum atomic E-state index is -0.382. The Hall–Kier alpha value is -3.80. The topological polar surface area (TPSA) is 74.6 Å². The summed E-state index contributed by atoms with van der Waals surface area (Å²) in [5.74, 6) is -0.267. The van der Waals surface area contributed by atoms with Crippen LogP contribution in [0.15, 0.2) is 89.2 Å². The largest absolute Gasteiger partial charge is 0.465 e. The van der Waals surface area contributed by atoms with Crippen LogP contribution >= 0.6 is 0 Å². The Morgan fingerprint density at radius 2 is 1.66 bits per heavy atom. The maximum Gasteiger partial charge on any atom is 0.268 e. The minimum absolute atomic E-state index is 0.121. The van der Waals surface area contributed by atoms with Crippen molar-refractivity contribution in [3.63, 3.8) is 0 Å². The van der Waals surface area contributed by atoms with Crippen LogP contribution in [0.5, 0.6) is 0 Å². The smallest absolute Gasteiger partial charge is 0.268 e. The number of para-hydroxylation sites is 1. The molecule has 6 heteroatoms. The Morgan fingerprint density at radius 3 is 2.31 bits per heavy atom. The Kier molecular flexibility index (Phi) is 6.84. The molecule has 1 aromatic heterocycles. The molecular formula is C23H23N3O3. The number of hydrogen-bond donors (Lipinski definition) is 2. The molecule has 0 aliphatic rings. The zero-order valence-electron chi connectivity index (χ0n) is 16.2. The molecule has 3 rings (SSSR count). The second-order valence-electron chi connectivity index (χ2n) is 6.41. The number of carbonyl (C=O) groups excluding carboxylic acids is 2. The second kappa shape index (κ2) is 9.94. The first kappa shape index (κ1) is 19.9. The molecule has 148 valence electrons. The summed E-state index contributed by atoms with van der Waals surface area (Å²) in [7, 11) is 1.96. The summed E-state index contributed by atoms with van der Waals surface area (Å²) < 4.78 is 5.29. The SMILES string of the molecule is CN(CCNC(=O)/C(=C/c1ccco1)NC(=O)c1ccccc1)c1ccccc1. The zero-order chi connectivity index (χ0) is 20.5. The third kappa shape index (κ3) is 5.84. The molecule has 0 spiro atoms. The lowest BCUT2D eigenvalue weighted by Gasteiger charge is -2.19. The quantitative estimate of drug-likeness (QED) is 0.580. The fourth-order valence-electron chi connectivity index (χ4n) is 2.70. The lowest BCUT2D eigenvalue weighted by molar-refractivity contribution is -0.117. The lowest BCUT2D eigenvalue weighted by Crippen LogP contribution is -2.38. The Labute approximate surface area is 169 Å². The monoisotopic (exact) mass is 389 g/mol. The molecule has 2 amide bonds. The summed E-state index contributed by atoms with van der Waals surface area (Å²) in [6.45, 7) is 1.04. The molecule has 0 unspecified atom stereocenters. The van der Waals surface area contributed by atoms with Gasteiger partial charge < -0.3 is 20.0 Å². The predicted octanol–water partition coefficient (Wildman–Crippen LogP) is 3.30. The van der Waals surface area contributed by atoms with Crippen molar-refractivity contribution < 1.29 is 14.0 Å². The number of nitrogens with one attached hydrogen (secondary N) is 2. The van der Waals surface area contributed by atoms with Crippen LogP contribution < -0.4 is 15.5 Å². The molecular weight excluding hydrogens is 366 g/mol. The molecule has 0 saturated heterocycles. The van der Waals surface area contributed by atoms with E-state index in [-0.39, 0.29) is 17.5 Å². The van der Waals surface area contributed by atoms with Crippen LogP contribution in [0.3, 0.4) is 0 Å². The van der Waals surface area contributed by atoms with Crippen LogP contribution in [-0.4, -0.2) is 32.0 Å². The van der Waals surface area contributed by atoms with Crippen molar-refractivity contribution >= 4 is 23.6 Å². The van der Waals surface area contributed by atoms with E-state index < -0.39 is 0 Å². The Balaban J connectivity index is 1.64. The first-order valence-electron chi connectivity index (χ1n) is 9.29. The number of nitrogens with zero attached hydrogens (tertiary/aromatic N) is 1. The van der Waals surface area contributed by atoms with Crippen LogP contribution in [0.2, 0.25) is 0 Å². The maximum atomic E-state index is 12.7. The average Bonchev–Trinajstić information content (AvgIpc) is 3.27. The Bertz CT molecular complexity index is 952. The molecule has 2 aromatic carbocycles. The van der Waals surface area contributed by atoms with Gasteiger partial charge in [0.25, 0.3) is 11.8 Å². The number of benzene rings is 2. The van der Waals surface area contributed by atoms with E-state index in [0.29, 0.717) is 24.4 Å². The van der Waals surface area contributed by atoms with Crippen molar-refractivity contribution in [3.05, 3.63) is 96.1 Å². The Morgan fingerprint density at radius 1 is 0.966 bits per heavy atom. The number of amides is 2. The van der Waals surface area contributed by atoms with Crippen LogP contribution in [0.1, 0.15) is 16.1 Å². The van der Waals surface area contributed by atoms with Crippen LogP contribution in [-0.2, 0) is 4.79 Å². The van der Waals surface area contributed by atoms with E-state index >= 15 is 0 Å². The fraction of sp³-hybridized carbons (Fsp3) is 0.130. The number of rotatable bonds is 8. The summed E-state index contributed by atoms with van der Waals surface area (Å²) in [4.78, 5) is 27.2. The van der Waals surface area contributed by atoms with Gasteiger partial charge in [0.05, 0.1) is 6.26 Å². The highest BCUT2D eigenvalue weighted by atomic mass is 16.3. The van der Waals surface area contributed by atoms with Gasteiger partial charge in [-0.2, -0.15) is 0 Å². The third-order valence-corrected chi connectivity index (χ3v) is 4.29. The molecule has 0 atom stereocenters. The highest BCUT2D eigenvalue weighted by Gasteiger charge is 2.15. The van der Waals surface area contributed by atoms with Crippen molar-refractivity contribution in [2.24, 2.45) is 0 Å². The molecule has 3 aromatic rings. The molecule has 0 radical (unpaired) electrons. The summed E-state index contributed by atoms with van der Waals surface area (Å²) in [6.07, 6.45) is 3.02. The molecule has 1 heterocycles. The van der Waals surface area contributed by atoms with E-state index in [4.69, 9.17) is 4.42 Å². The summed E-state index contributed by atoms with van der Waals surface area (Å²) in [6, 6.07) is 22.1. The molecule has 2 N–H and O–H groups in total. The van der Waals surface area contributed by atoms with Crippen molar-refractivity contribution in [2.45, 2.75) is 0 Å². The van der Waals surface area contributed by atoms with Gasteiger partial charge in [-0.15, -0.1) is 0 Å². The number of carbonyl (C=O) groups is 2. The van der Waals surface area contributed by atoms with E-state index in [9.17, 15) is 9.59 Å². The van der Waals surface area contributed by atoms with E-state index in [1.165, 1.54) is 12.3 Å². The van der Waals surface area contributed by atoms with Gasteiger partial charge in [-0.25, -0.2) is 0 Å². The molecule has 0 saturated carbocycles. The molecule has 0 bridgehead atoms. The second-order valence-corrected chi connectivity index (χ2v) is 6.41. The van der Waals surface area contributed by atoms with Gasteiger partial charge in [0.1, 0.15) is 11.5 Å². The molecule has 6 nitrogen and oxygen atoms in total. The van der Waals surface area contributed by atoms with E-state index in [1.807, 2.05) is 48.3 Å². The van der Waals surface area contributed by atoms with Gasteiger partial charge in [0, 0.05) is 37.5 Å². The molecule has 0 aliphatic carbocycles. The number of furan rings is 1. The summed E-state index contributed by atoms with van der Waals surface area (Å²) in [5.41, 5.74) is 1.65. The molecule has 0 aliphatic heterocycles. The van der Waals surface area contributed by atoms with Crippen molar-refractivity contribution in [2.75, 3.05) is 25.0 Å². The standard InChI is InChI=1S/C23H23N3O3/c1-26(19-11-6-3-7-12-19)15-14-24-23(28)21(17-20-13-8-16-29-20)25-22(27)18-9-4-2-5-10-18/h2-13,16-17H,14-15H2,1H3,(H,24,28)(H,25,27)/b21-17-. The number of likely N-dealkylation sites (N-methyl/N-ethyl adjacent to an activating group) is 1.